The molecule has 7 aromatic carbocycles. The zero-order chi connectivity index (χ0) is 45.7. The van der Waals surface area contributed by atoms with E-state index in [0.29, 0.717) is 0 Å². The Morgan fingerprint density at radius 3 is 1.85 bits per heavy atom. The lowest BCUT2D eigenvalue weighted by molar-refractivity contribution is 0.330. The third-order valence-corrected chi connectivity index (χ3v) is 17.2. The van der Waals surface area contributed by atoms with E-state index in [4.69, 9.17) is 0 Å². The maximum Gasteiger partial charge on any atom is 0.252 e. The van der Waals surface area contributed by atoms with Gasteiger partial charge in [-0.05, 0) is 160 Å². The van der Waals surface area contributed by atoms with E-state index in [1.165, 1.54) is 72.6 Å². The average molecular weight is 866 g/mol. The lowest BCUT2D eigenvalue weighted by Crippen LogP contribution is -2.62. The third-order valence-electron chi connectivity index (χ3n) is 17.2. The standard InChI is InChI=1S/C61H61BFN3/c1-57(2,3)40-25-27-50(44(33-40)39-19-12-10-13-20-39)65-53-38-46-45(58(4,5)31-32-59(46,6)7)37-49(53)62-48-23-16-17-24-52(48)64(42-21-14-11-15-22-42)54-35-43(36-55(65)56(54)62)66-51-28-26-41(63)34-47(51)60(8)29-18-30-61(60,66)9/h10-17,19-28,33-38H,18,29-32H2,1-9H3. The summed E-state index contributed by atoms with van der Waals surface area (Å²) in [6.45, 7) is 21.6. The third kappa shape index (κ3) is 5.74. The molecule has 0 saturated heterocycles. The van der Waals surface area contributed by atoms with Crippen LogP contribution in [0.2, 0.25) is 0 Å². The molecule has 7 aromatic rings. The summed E-state index contributed by atoms with van der Waals surface area (Å²) in [6, 6.07) is 54.2. The largest absolute Gasteiger partial charge is 0.334 e. The van der Waals surface area contributed by atoms with Gasteiger partial charge in [-0.1, -0.05) is 141 Å². The highest BCUT2D eigenvalue weighted by atomic mass is 19.1. The van der Waals surface area contributed by atoms with Crippen molar-refractivity contribution in [1.29, 1.82) is 0 Å². The maximum absolute atomic E-state index is 15.5. The van der Waals surface area contributed by atoms with Crippen molar-refractivity contribution in [2.75, 3.05) is 14.7 Å². The van der Waals surface area contributed by atoms with Crippen molar-refractivity contribution in [2.24, 2.45) is 0 Å². The van der Waals surface area contributed by atoms with Gasteiger partial charge in [-0.25, -0.2) is 4.39 Å². The van der Waals surface area contributed by atoms with E-state index in [9.17, 15) is 0 Å². The summed E-state index contributed by atoms with van der Waals surface area (Å²) in [5.74, 6) is -0.161. The van der Waals surface area contributed by atoms with Gasteiger partial charge in [0.25, 0.3) is 6.71 Å². The van der Waals surface area contributed by atoms with Gasteiger partial charge in [0, 0.05) is 50.8 Å². The molecule has 0 radical (unpaired) electrons. The molecule has 0 aromatic heterocycles. The molecule has 0 N–H and O–H groups in total. The molecule has 5 heteroatoms. The van der Waals surface area contributed by atoms with Crippen molar-refractivity contribution in [2.45, 2.75) is 122 Å². The number of para-hydroxylation sites is 2. The summed E-state index contributed by atoms with van der Waals surface area (Å²) in [5.41, 5.74) is 20.7. The zero-order valence-electron chi connectivity index (χ0n) is 40.2. The second-order valence-electron chi connectivity index (χ2n) is 22.9. The van der Waals surface area contributed by atoms with E-state index >= 15 is 4.39 Å². The molecule has 3 heterocycles. The first-order valence-electron chi connectivity index (χ1n) is 24.4. The first kappa shape index (κ1) is 41.4. The molecule has 1 fully saturated rings. The molecular formula is C61H61BFN3. The summed E-state index contributed by atoms with van der Waals surface area (Å²) >= 11 is 0. The van der Waals surface area contributed by atoms with E-state index in [-0.39, 0.29) is 39.7 Å². The fourth-order valence-electron chi connectivity index (χ4n) is 13.2. The Kier molecular flexibility index (Phi) is 8.77. The monoisotopic (exact) mass is 865 g/mol. The molecule has 12 rings (SSSR count). The van der Waals surface area contributed by atoms with Gasteiger partial charge in [0.05, 0.1) is 11.2 Å². The fraction of sp³-hybridized carbons (Fsp3) is 0.311. The van der Waals surface area contributed by atoms with E-state index in [1.54, 1.807) is 6.07 Å². The summed E-state index contributed by atoms with van der Waals surface area (Å²) in [6.07, 6.45) is 5.43. The predicted octanol–water partition coefficient (Wildman–Crippen LogP) is 14.6. The molecule has 3 aliphatic heterocycles. The van der Waals surface area contributed by atoms with Crippen molar-refractivity contribution in [1.82, 2.24) is 0 Å². The topological polar surface area (TPSA) is 9.72 Å². The van der Waals surface area contributed by atoms with Gasteiger partial charge >= 0.3 is 0 Å². The smallest absolute Gasteiger partial charge is 0.252 e. The number of anilines is 8. The Labute approximate surface area is 392 Å². The SMILES string of the molecule is CC(C)(C)c1ccc(N2c3cc4c(cc3B3c5ccccc5N(c5ccccc5)c5cc(N6c7ccc(F)cc7C7(C)CCCC67C)cc2c53)C(C)(C)CCC4(C)C)c(-c2ccccc2)c1. The Morgan fingerprint density at radius 2 is 1.14 bits per heavy atom. The number of benzene rings is 7. The highest BCUT2D eigenvalue weighted by Gasteiger charge is 2.60. The molecule has 0 spiro atoms. The normalized spacial score (nSPS) is 21.7. The first-order valence-corrected chi connectivity index (χ1v) is 24.4. The Balaban J connectivity index is 1.24. The van der Waals surface area contributed by atoms with Gasteiger partial charge in [0.1, 0.15) is 5.82 Å². The van der Waals surface area contributed by atoms with Crippen LogP contribution in [0.3, 0.4) is 0 Å². The van der Waals surface area contributed by atoms with E-state index in [0.717, 1.165) is 54.7 Å². The molecule has 2 atom stereocenters. The zero-order valence-corrected chi connectivity index (χ0v) is 40.2. The van der Waals surface area contributed by atoms with Crippen LogP contribution < -0.4 is 31.1 Å². The van der Waals surface area contributed by atoms with Gasteiger partial charge < -0.3 is 14.7 Å². The Hall–Kier alpha value is -6.07. The molecule has 3 nitrogen and oxygen atoms in total. The van der Waals surface area contributed by atoms with Gasteiger partial charge in [0.15, 0.2) is 0 Å². The van der Waals surface area contributed by atoms with E-state index < -0.39 is 0 Å². The van der Waals surface area contributed by atoms with Gasteiger partial charge in [-0.15, -0.1) is 0 Å². The average Bonchev–Trinajstić information content (AvgIpc) is 3.71. The van der Waals surface area contributed by atoms with Crippen LogP contribution in [0.15, 0.2) is 146 Å². The molecule has 0 amide bonds. The Bertz CT molecular complexity index is 3130. The van der Waals surface area contributed by atoms with Gasteiger partial charge in [0.2, 0.25) is 0 Å². The van der Waals surface area contributed by atoms with Crippen molar-refractivity contribution in [3.8, 4) is 11.1 Å². The van der Waals surface area contributed by atoms with Crippen molar-refractivity contribution < 1.29 is 4.39 Å². The number of rotatable bonds is 4. The van der Waals surface area contributed by atoms with Crippen molar-refractivity contribution >= 4 is 68.6 Å². The van der Waals surface area contributed by atoms with Gasteiger partial charge in [-0.3, -0.25) is 0 Å². The van der Waals surface area contributed by atoms with E-state index in [1.807, 2.05) is 6.07 Å². The van der Waals surface area contributed by atoms with Crippen molar-refractivity contribution in [3.63, 3.8) is 0 Å². The highest BCUT2D eigenvalue weighted by molar-refractivity contribution is 7.00. The molecule has 330 valence electrons. The quantitative estimate of drug-likeness (QED) is 0.163. The minimum Gasteiger partial charge on any atom is -0.334 e. The number of nitrogens with zero attached hydrogens (tertiary/aromatic N) is 3. The molecule has 5 aliphatic rings. The molecule has 2 unspecified atom stereocenters. The van der Waals surface area contributed by atoms with Crippen LogP contribution in [0.25, 0.3) is 11.1 Å². The van der Waals surface area contributed by atoms with Crippen LogP contribution in [0.5, 0.6) is 0 Å². The summed E-state index contributed by atoms with van der Waals surface area (Å²) in [4.78, 5) is 7.81. The molecule has 66 heavy (non-hydrogen) atoms. The minimum absolute atomic E-state index is 0.00181. The molecule has 1 saturated carbocycles. The summed E-state index contributed by atoms with van der Waals surface area (Å²) in [7, 11) is 0. The minimum atomic E-state index is -0.261. The Morgan fingerprint density at radius 1 is 0.500 bits per heavy atom. The van der Waals surface area contributed by atoms with Crippen LogP contribution in [-0.4, -0.2) is 12.3 Å². The van der Waals surface area contributed by atoms with Crippen LogP contribution in [0.4, 0.5) is 49.9 Å². The van der Waals surface area contributed by atoms with Crippen LogP contribution in [-0.2, 0) is 21.7 Å². The first-order chi connectivity index (χ1) is 31.5. The predicted molar refractivity (Wildman–Crippen MR) is 278 cm³/mol. The number of hydrogen-bond acceptors (Lipinski definition) is 3. The number of fused-ring (bicyclic) bond motifs is 8. The number of hydrogen-bond donors (Lipinski definition) is 0. The van der Waals surface area contributed by atoms with E-state index in [2.05, 4.69) is 210 Å². The number of halogens is 1. The van der Waals surface area contributed by atoms with Crippen LogP contribution in [0.1, 0.15) is 117 Å². The summed E-state index contributed by atoms with van der Waals surface area (Å²) in [5, 5.41) is 0. The second-order valence-corrected chi connectivity index (χ2v) is 22.9. The van der Waals surface area contributed by atoms with Crippen molar-refractivity contribution in [3.05, 3.63) is 174 Å². The fourth-order valence-corrected chi connectivity index (χ4v) is 13.2. The second kappa shape index (κ2) is 14.0. The van der Waals surface area contributed by atoms with Crippen LogP contribution in [0, 0.1) is 5.82 Å². The highest BCUT2D eigenvalue weighted by Crippen LogP contribution is 2.63. The van der Waals surface area contributed by atoms with Crippen LogP contribution >= 0.6 is 0 Å². The van der Waals surface area contributed by atoms with Gasteiger partial charge in [-0.2, -0.15) is 0 Å². The lowest BCUT2D eigenvalue weighted by Gasteiger charge is -2.48. The maximum atomic E-state index is 15.5. The summed E-state index contributed by atoms with van der Waals surface area (Å²) < 4.78 is 15.5. The lowest BCUT2D eigenvalue weighted by atomic mass is 9.33. The molecule has 0 bridgehead atoms. The molecular weight excluding hydrogens is 805 g/mol. The molecule has 2 aliphatic carbocycles.